The average Bonchev–Trinajstić information content (AvgIpc) is 3.32. The summed E-state index contributed by atoms with van der Waals surface area (Å²) in [6, 6.07) is 10.1. The molecule has 0 amide bonds. The Bertz CT molecular complexity index is 1090. The summed E-state index contributed by atoms with van der Waals surface area (Å²) in [5, 5.41) is 19.2. The van der Waals surface area contributed by atoms with E-state index in [1.165, 1.54) is 18.0 Å². The first-order chi connectivity index (χ1) is 16.1. The molecule has 0 spiro atoms. The predicted molar refractivity (Wildman–Crippen MR) is 124 cm³/mol. The monoisotopic (exact) mass is 448 g/mol. The van der Waals surface area contributed by atoms with Crippen LogP contribution >= 0.6 is 0 Å². The quantitative estimate of drug-likeness (QED) is 0.508. The Kier molecular flexibility index (Phi) is 7.47. The number of aromatic nitrogens is 4. The summed E-state index contributed by atoms with van der Waals surface area (Å²) >= 11 is 0. The van der Waals surface area contributed by atoms with Crippen molar-refractivity contribution >= 4 is 11.6 Å². The predicted octanol–water partition coefficient (Wildman–Crippen LogP) is 2.25. The number of methoxy groups -OCH3 is 1. The highest BCUT2D eigenvalue weighted by atomic mass is 16.5. The Hall–Kier alpha value is -3.52. The SMILES string of the molecule is COc1cc(CN(C)CCN2CCOCC2)ccc1-c1cc(Nc2cnc(C#N)cn2)n[nH]1. The van der Waals surface area contributed by atoms with Gasteiger partial charge in [0.1, 0.15) is 17.6 Å². The highest BCUT2D eigenvalue weighted by Crippen LogP contribution is 2.31. The van der Waals surface area contributed by atoms with Crippen molar-refractivity contribution in [3.8, 4) is 23.1 Å². The molecule has 10 nitrogen and oxygen atoms in total. The van der Waals surface area contributed by atoms with Gasteiger partial charge in [0.15, 0.2) is 11.5 Å². The Morgan fingerprint density at radius 1 is 1.21 bits per heavy atom. The van der Waals surface area contributed by atoms with Crippen LogP contribution in [0.15, 0.2) is 36.7 Å². The van der Waals surface area contributed by atoms with E-state index in [1.807, 2.05) is 18.2 Å². The van der Waals surface area contributed by atoms with Gasteiger partial charge in [0.25, 0.3) is 0 Å². The van der Waals surface area contributed by atoms with Gasteiger partial charge in [-0.15, -0.1) is 0 Å². The Labute approximate surface area is 193 Å². The lowest BCUT2D eigenvalue weighted by atomic mass is 10.1. The largest absolute Gasteiger partial charge is 0.496 e. The van der Waals surface area contributed by atoms with Crippen LogP contribution in [-0.2, 0) is 11.3 Å². The van der Waals surface area contributed by atoms with Gasteiger partial charge in [0.05, 0.1) is 38.4 Å². The number of likely N-dealkylation sites (N-methyl/N-ethyl adjacent to an activating group) is 1. The number of benzene rings is 1. The van der Waals surface area contributed by atoms with Gasteiger partial charge in [-0.3, -0.25) is 10.00 Å². The van der Waals surface area contributed by atoms with Crippen molar-refractivity contribution in [3.05, 3.63) is 47.9 Å². The van der Waals surface area contributed by atoms with Gasteiger partial charge in [0, 0.05) is 44.4 Å². The average molecular weight is 449 g/mol. The van der Waals surface area contributed by atoms with Crippen molar-refractivity contribution in [3.63, 3.8) is 0 Å². The Morgan fingerprint density at radius 3 is 2.79 bits per heavy atom. The van der Waals surface area contributed by atoms with Crippen LogP contribution in [0.25, 0.3) is 11.3 Å². The van der Waals surface area contributed by atoms with E-state index in [-0.39, 0.29) is 5.69 Å². The van der Waals surface area contributed by atoms with E-state index >= 15 is 0 Å². The molecule has 1 aliphatic heterocycles. The first-order valence-corrected chi connectivity index (χ1v) is 10.8. The van der Waals surface area contributed by atoms with Crippen LogP contribution in [0, 0.1) is 11.3 Å². The molecule has 0 unspecified atom stereocenters. The van der Waals surface area contributed by atoms with Crippen LogP contribution in [-0.4, -0.2) is 83.5 Å². The third-order valence-electron chi connectivity index (χ3n) is 5.51. The normalized spacial score (nSPS) is 14.2. The van der Waals surface area contributed by atoms with E-state index in [0.29, 0.717) is 11.6 Å². The molecule has 3 heterocycles. The van der Waals surface area contributed by atoms with E-state index in [4.69, 9.17) is 14.7 Å². The van der Waals surface area contributed by atoms with Gasteiger partial charge in [-0.2, -0.15) is 10.4 Å². The molecule has 1 saturated heterocycles. The van der Waals surface area contributed by atoms with Crippen molar-refractivity contribution < 1.29 is 9.47 Å². The van der Waals surface area contributed by atoms with Crippen LogP contribution in [0.1, 0.15) is 11.3 Å². The third-order valence-corrected chi connectivity index (χ3v) is 5.51. The molecule has 4 rings (SSSR count). The number of nitrogens with zero attached hydrogens (tertiary/aromatic N) is 6. The van der Waals surface area contributed by atoms with Crippen molar-refractivity contribution in [1.29, 1.82) is 5.26 Å². The number of aromatic amines is 1. The fourth-order valence-electron chi connectivity index (χ4n) is 3.69. The van der Waals surface area contributed by atoms with Gasteiger partial charge < -0.3 is 19.7 Å². The smallest absolute Gasteiger partial charge is 0.158 e. The number of H-pyrrole nitrogens is 1. The number of anilines is 2. The molecule has 10 heteroatoms. The third kappa shape index (κ3) is 6.04. The lowest BCUT2D eigenvalue weighted by Gasteiger charge is -2.28. The molecule has 1 aromatic carbocycles. The van der Waals surface area contributed by atoms with E-state index in [2.05, 4.69) is 54.5 Å². The second-order valence-electron chi connectivity index (χ2n) is 7.92. The summed E-state index contributed by atoms with van der Waals surface area (Å²) in [6.07, 6.45) is 2.91. The van der Waals surface area contributed by atoms with Crippen LogP contribution in [0.3, 0.4) is 0 Å². The summed E-state index contributed by atoms with van der Waals surface area (Å²) in [5.74, 6) is 1.88. The Morgan fingerprint density at radius 2 is 2.06 bits per heavy atom. The van der Waals surface area contributed by atoms with E-state index in [1.54, 1.807) is 7.11 Å². The van der Waals surface area contributed by atoms with Crippen LogP contribution in [0.2, 0.25) is 0 Å². The fraction of sp³-hybridized carbons (Fsp3) is 0.391. The van der Waals surface area contributed by atoms with Crippen molar-refractivity contribution in [2.45, 2.75) is 6.54 Å². The molecule has 0 saturated carbocycles. The molecular formula is C23H28N8O2. The minimum absolute atomic E-state index is 0.264. The summed E-state index contributed by atoms with van der Waals surface area (Å²) in [6.45, 7) is 6.56. The van der Waals surface area contributed by atoms with E-state index < -0.39 is 0 Å². The molecule has 1 aliphatic rings. The van der Waals surface area contributed by atoms with Gasteiger partial charge in [-0.1, -0.05) is 6.07 Å². The van der Waals surface area contributed by atoms with E-state index in [0.717, 1.165) is 62.9 Å². The summed E-state index contributed by atoms with van der Waals surface area (Å²) in [4.78, 5) is 12.9. The van der Waals surface area contributed by atoms with Crippen LogP contribution in [0.4, 0.5) is 11.6 Å². The minimum Gasteiger partial charge on any atom is -0.496 e. The topological polar surface area (TPSA) is 115 Å². The molecule has 172 valence electrons. The van der Waals surface area contributed by atoms with Crippen molar-refractivity contribution in [2.24, 2.45) is 0 Å². The Balaban J connectivity index is 1.38. The van der Waals surface area contributed by atoms with E-state index in [9.17, 15) is 0 Å². The number of hydrogen-bond donors (Lipinski definition) is 2. The zero-order chi connectivity index (χ0) is 23.0. The summed E-state index contributed by atoms with van der Waals surface area (Å²) < 4.78 is 11.1. The molecule has 2 N–H and O–H groups in total. The lowest BCUT2D eigenvalue weighted by molar-refractivity contribution is 0.0342. The lowest BCUT2D eigenvalue weighted by Crippen LogP contribution is -2.40. The molecule has 0 atom stereocenters. The van der Waals surface area contributed by atoms with Gasteiger partial charge in [-0.05, 0) is 24.7 Å². The van der Waals surface area contributed by atoms with Crippen molar-refractivity contribution in [2.75, 3.05) is 58.9 Å². The fourth-order valence-corrected chi connectivity index (χ4v) is 3.69. The first-order valence-electron chi connectivity index (χ1n) is 10.8. The highest BCUT2D eigenvalue weighted by molar-refractivity contribution is 5.71. The van der Waals surface area contributed by atoms with Gasteiger partial charge >= 0.3 is 0 Å². The number of ether oxygens (including phenoxy) is 2. The maximum Gasteiger partial charge on any atom is 0.158 e. The number of morpholine rings is 1. The minimum atomic E-state index is 0.264. The molecule has 3 aromatic rings. The molecular weight excluding hydrogens is 420 g/mol. The van der Waals surface area contributed by atoms with Crippen LogP contribution < -0.4 is 10.1 Å². The zero-order valence-electron chi connectivity index (χ0n) is 18.9. The van der Waals surface area contributed by atoms with Gasteiger partial charge in [-0.25, -0.2) is 9.97 Å². The number of nitrogens with one attached hydrogen (secondary N) is 2. The number of nitriles is 1. The first kappa shape index (κ1) is 22.7. The molecule has 0 aliphatic carbocycles. The highest BCUT2D eigenvalue weighted by Gasteiger charge is 2.14. The maximum atomic E-state index is 8.83. The summed E-state index contributed by atoms with van der Waals surface area (Å²) in [5.41, 5.74) is 3.19. The summed E-state index contributed by atoms with van der Waals surface area (Å²) in [7, 11) is 3.81. The number of hydrogen-bond acceptors (Lipinski definition) is 9. The molecule has 33 heavy (non-hydrogen) atoms. The maximum absolute atomic E-state index is 8.83. The second kappa shape index (κ2) is 10.9. The molecule has 2 aromatic heterocycles. The number of rotatable bonds is 9. The van der Waals surface area contributed by atoms with Crippen molar-refractivity contribution in [1.82, 2.24) is 30.0 Å². The molecule has 1 fully saturated rings. The molecule has 0 bridgehead atoms. The molecule has 0 radical (unpaired) electrons. The van der Waals surface area contributed by atoms with Gasteiger partial charge in [0.2, 0.25) is 0 Å². The van der Waals surface area contributed by atoms with Crippen LogP contribution in [0.5, 0.6) is 5.75 Å². The standard InChI is InChI=1S/C23H28N8O2/c1-30(5-6-31-7-9-33-10-8-31)16-17-3-4-19(21(11-17)32-2)20-12-22(29-28-20)27-23-15-25-18(13-24)14-26-23/h3-4,11-12,14-15H,5-10,16H2,1-2H3,(H2,26,27,28,29). The second-order valence-corrected chi connectivity index (χ2v) is 7.92. The zero-order valence-corrected chi connectivity index (χ0v) is 18.9.